The molecule has 0 spiro atoms. The average Bonchev–Trinajstić information content (AvgIpc) is 2.67. The van der Waals surface area contributed by atoms with E-state index >= 15 is 0 Å². The summed E-state index contributed by atoms with van der Waals surface area (Å²) in [6.45, 7) is 8.52. The number of phenols is 1. The highest BCUT2D eigenvalue weighted by Gasteiger charge is 2.18. The number of nitrogens with zero attached hydrogens (tertiary/aromatic N) is 3. The number of hydrogen-bond donors (Lipinski definition) is 1. The van der Waals surface area contributed by atoms with E-state index in [1.54, 1.807) is 18.2 Å². The summed E-state index contributed by atoms with van der Waals surface area (Å²) in [5.41, 5.74) is 2.38. The molecule has 0 radical (unpaired) electrons. The number of azo groups is 1. The standard InChI is InChI=1S/C22H29N3O3/c1-5-9-15(3)17-13-18(16(4)10-6-2)22(26)20(14-17)24-23-19-11-7-8-12-21(19)25(27)28/h7-8,11-16,26H,5-6,9-10H2,1-4H3. The highest BCUT2D eigenvalue weighted by Crippen LogP contribution is 2.41. The van der Waals surface area contributed by atoms with E-state index in [9.17, 15) is 15.2 Å². The number of rotatable bonds is 9. The zero-order valence-corrected chi connectivity index (χ0v) is 17.1. The maximum Gasteiger partial charge on any atom is 0.296 e. The molecular weight excluding hydrogens is 354 g/mol. The Morgan fingerprint density at radius 1 is 1.00 bits per heavy atom. The Labute approximate surface area is 166 Å². The van der Waals surface area contributed by atoms with Gasteiger partial charge in [-0.15, -0.1) is 10.2 Å². The maximum atomic E-state index is 11.2. The Morgan fingerprint density at radius 3 is 2.25 bits per heavy atom. The van der Waals surface area contributed by atoms with Crippen LogP contribution in [0, 0.1) is 10.1 Å². The van der Waals surface area contributed by atoms with Crippen LogP contribution in [0.4, 0.5) is 17.1 Å². The highest BCUT2D eigenvalue weighted by molar-refractivity contribution is 5.60. The first-order chi connectivity index (χ1) is 13.4. The SMILES string of the molecule is CCCC(C)c1cc(N=Nc2ccccc2[N+](=O)[O-])c(O)c(C(C)CCC)c1. The van der Waals surface area contributed by atoms with E-state index in [0.29, 0.717) is 11.6 Å². The molecule has 0 aliphatic heterocycles. The van der Waals surface area contributed by atoms with Crippen molar-refractivity contribution >= 4 is 17.1 Å². The lowest BCUT2D eigenvalue weighted by atomic mass is 9.89. The molecule has 1 N–H and O–H groups in total. The Morgan fingerprint density at radius 2 is 1.61 bits per heavy atom. The van der Waals surface area contributed by atoms with Gasteiger partial charge in [-0.1, -0.05) is 58.7 Å². The molecule has 0 amide bonds. The monoisotopic (exact) mass is 383 g/mol. The molecule has 0 aliphatic carbocycles. The Kier molecular flexibility index (Phi) is 7.67. The van der Waals surface area contributed by atoms with Crippen LogP contribution >= 0.6 is 0 Å². The van der Waals surface area contributed by atoms with E-state index in [0.717, 1.165) is 36.8 Å². The van der Waals surface area contributed by atoms with E-state index in [4.69, 9.17) is 0 Å². The number of para-hydroxylation sites is 1. The van der Waals surface area contributed by atoms with Crippen LogP contribution in [0.5, 0.6) is 5.75 Å². The van der Waals surface area contributed by atoms with Crippen molar-refractivity contribution in [1.82, 2.24) is 0 Å². The van der Waals surface area contributed by atoms with Crippen LogP contribution in [-0.4, -0.2) is 10.0 Å². The summed E-state index contributed by atoms with van der Waals surface area (Å²) in [7, 11) is 0. The first-order valence-electron chi connectivity index (χ1n) is 9.90. The van der Waals surface area contributed by atoms with E-state index < -0.39 is 4.92 Å². The predicted molar refractivity (Wildman–Crippen MR) is 112 cm³/mol. The van der Waals surface area contributed by atoms with Crippen molar-refractivity contribution < 1.29 is 10.0 Å². The third kappa shape index (κ3) is 5.15. The molecule has 0 aliphatic rings. The second kappa shape index (κ2) is 9.97. The van der Waals surface area contributed by atoms with Gasteiger partial charge in [0.15, 0.2) is 5.69 Å². The van der Waals surface area contributed by atoms with Crippen LogP contribution in [0.3, 0.4) is 0 Å². The molecule has 0 saturated carbocycles. The second-order valence-corrected chi connectivity index (χ2v) is 7.30. The number of benzene rings is 2. The van der Waals surface area contributed by atoms with Crippen molar-refractivity contribution in [3.63, 3.8) is 0 Å². The zero-order valence-electron chi connectivity index (χ0n) is 17.1. The van der Waals surface area contributed by atoms with Crippen molar-refractivity contribution in [3.8, 4) is 5.75 Å². The molecule has 28 heavy (non-hydrogen) atoms. The third-order valence-corrected chi connectivity index (χ3v) is 5.03. The molecule has 2 aromatic rings. The predicted octanol–water partition coefficient (Wildman–Crippen LogP) is 7.52. The minimum absolute atomic E-state index is 0.107. The van der Waals surface area contributed by atoms with Gasteiger partial charge in [0.1, 0.15) is 11.4 Å². The summed E-state index contributed by atoms with van der Waals surface area (Å²) < 4.78 is 0. The largest absolute Gasteiger partial charge is 0.505 e. The lowest BCUT2D eigenvalue weighted by molar-refractivity contribution is -0.384. The molecule has 2 rings (SSSR count). The molecule has 150 valence electrons. The summed E-state index contributed by atoms with van der Waals surface area (Å²) in [6, 6.07) is 10.1. The van der Waals surface area contributed by atoms with Crippen LogP contribution in [0.2, 0.25) is 0 Å². The smallest absolute Gasteiger partial charge is 0.296 e. The molecule has 2 atom stereocenters. The number of hydrogen-bond acceptors (Lipinski definition) is 5. The minimum Gasteiger partial charge on any atom is -0.505 e. The van der Waals surface area contributed by atoms with Gasteiger partial charge in [-0.25, -0.2) is 0 Å². The first-order valence-corrected chi connectivity index (χ1v) is 9.90. The van der Waals surface area contributed by atoms with Gasteiger partial charge in [0.05, 0.1) is 4.92 Å². The van der Waals surface area contributed by atoms with Gasteiger partial charge in [-0.2, -0.15) is 0 Å². The van der Waals surface area contributed by atoms with Crippen LogP contribution in [0.25, 0.3) is 0 Å². The van der Waals surface area contributed by atoms with E-state index in [1.807, 2.05) is 6.07 Å². The molecule has 0 fully saturated rings. The van der Waals surface area contributed by atoms with Crippen molar-refractivity contribution in [2.75, 3.05) is 0 Å². The summed E-state index contributed by atoms with van der Waals surface area (Å²) in [4.78, 5) is 10.7. The summed E-state index contributed by atoms with van der Waals surface area (Å²) in [6.07, 6.45) is 4.07. The van der Waals surface area contributed by atoms with Gasteiger partial charge in [0.25, 0.3) is 5.69 Å². The number of aromatic hydroxyl groups is 1. The van der Waals surface area contributed by atoms with Crippen molar-refractivity contribution in [2.24, 2.45) is 10.2 Å². The topological polar surface area (TPSA) is 88.1 Å². The second-order valence-electron chi connectivity index (χ2n) is 7.30. The molecule has 0 aromatic heterocycles. The average molecular weight is 383 g/mol. The van der Waals surface area contributed by atoms with Gasteiger partial charge in [0.2, 0.25) is 0 Å². The quantitative estimate of drug-likeness (QED) is 0.276. The summed E-state index contributed by atoms with van der Waals surface area (Å²) in [5.74, 6) is 0.632. The molecule has 6 heteroatoms. The Bertz CT molecular complexity index is 849. The van der Waals surface area contributed by atoms with Crippen LogP contribution in [-0.2, 0) is 0 Å². The van der Waals surface area contributed by atoms with Gasteiger partial charge in [0, 0.05) is 6.07 Å². The lowest BCUT2D eigenvalue weighted by Crippen LogP contribution is -1.99. The normalized spacial score (nSPS) is 13.6. The van der Waals surface area contributed by atoms with E-state index in [-0.39, 0.29) is 23.0 Å². The third-order valence-electron chi connectivity index (χ3n) is 5.03. The molecule has 6 nitrogen and oxygen atoms in total. The van der Waals surface area contributed by atoms with Crippen LogP contribution in [0.15, 0.2) is 46.6 Å². The van der Waals surface area contributed by atoms with Gasteiger partial charge < -0.3 is 5.11 Å². The van der Waals surface area contributed by atoms with Crippen molar-refractivity contribution in [1.29, 1.82) is 0 Å². The summed E-state index contributed by atoms with van der Waals surface area (Å²) >= 11 is 0. The first kappa shape index (κ1) is 21.5. The fraction of sp³-hybridized carbons (Fsp3) is 0.455. The van der Waals surface area contributed by atoms with Crippen LogP contribution in [0.1, 0.15) is 76.3 Å². The minimum atomic E-state index is -0.483. The van der Waals surface area contributed by atoms with Crippen molar-refractivity contribution in [3.05, 3.63) is 57.6 Å². The zero-order chi connectivity index (χ0) is 20.7. The van der Waals surface area contributed by atoms with Gasteiger partial charge >= 0.3 is 0 Å². The van der Waals surface area contributed by atoms with Gasteiger partial charge in [-0.05, 0) is 47.9 Å². The van der Waals surface area contributed by atoms with Crippen LogP contribution < -0.4 is 0 Å². The number of nitro benzene ring substituents is 1. The Balaban J connectivity index is 2.51. The maximum absolute atomic E-state index is 11.2. The fourth-order valence-electron chi connectivity index (χ4n) is 3.40. The molecule has 0 bridgehead atoms. The van der Waals surface area contributed by atoms with E-state index in [2.05, 4.69) is 44.0 Å². The molecule has 2 unspecified atom stereocenters. The molecule has 0 saturated heterocycles. The fourth-order valence-corrected chi connectivity index (χ4v) is 3.40. The molecular formula is C22H29N3O3. The number of phenolic OH excluding ortho intramolecular Hbond substituents is 1. The highest BCUT2D eigenvalue weighted by atomic mass is 16.6. The van der Waals surface area contributed by atoms with Gasteiger partial charge in [-0.3, -0.25) is 10.1 Å². The number of nitro groups is 1. The molecule has 0 heterocycles. The molecule has 2 aromatic carbocycles. The Hall–Kier alpha value is -2.76. The summed E-state index contributed by atoms with van der Waals surface area (Å²) in [5, 5.41) is 30.2. The lowest BCUT2D eigenvalue weighted by Gasteiger charge is -2.18. The van der Waals surface area contributed by atoms with Crippen molar-refractivity contribution in [2.45, 2.75) is 65.2 Å². The van der Waals surface area contributed by atoms with E-state index in [1.165, 1.54) is 6.07 Å².